The second-order valence-electron chi connectivity index (χ2n) is 5.27. The zero-order chi connectivity index (χ0) is 18.2. The number of hydrogen-bond acceptors (Lipinski definition) is 4. The summed E-state index contributed by atoms with van der Waals surface area (Å²) in [4.78, 5) is 11.3. The minimum atomic E-state index is -3.91. The summed E-state index contributed by atoms with van der Waals surface area (Å²) in [7, 11) is -3.91. The Bertz CT molecular complexity index is 977. The summed E-state index contributed by atoms with van der Waals surface area (Å²) in [5, 5.41) is 11.8. The first-order valence-electron chi connectivity index (χ1n) is 7.06. The predicted molar refractivity (Wildman–Crippen MR) is 92.9 cm³/mol. The van der Waals surface area contributed by atoms with Gasteiger partial charge in [-0.3, -0.25) is 0 Å². The summed E-state index contributed by atoms with van der Waals surface area (Å²) in [6.07, 6.45) is 1.23. The maximum atomic E-state index is 13.6. The Balaban J connectivity index is 2.07. The molecule has 25 heavy (non-hydrogen) atoms. The largest absolute Gasteiger partial charge is 0.477 e. The lowest BCUT2D eigenvalue weighted by atomic mass is 10.0. The first-order chi connectivity index (χ1) is 11.8. The number of fused-ring (bicyclic) bond motifs is 1. The highest BCUT2D eigenvalue weighted by Gasteiger charge is 2.29. The molecule has 0 fully saturated rings. The second kappa shape index (κ2) is 6.58. The van der Waals surface area contributed by atoms with E-state index in [1.165, 1.54) is 24.3 Å². The molecule has 0 radical (unpaired) electrons. The summed E-state index contributed by atoms with van der Waals surface area (Å²) in [5.74, 6) is -1.87. The third kappa shape index (κ3) is 3.58. The van der Waals surface area contributed by atoms with Crippen molar-refractivity contribution >= 4 is 37.6 Å². The van der Waals surface area contributed by atoms with Crippen LogP contribution in [-0.2, 0) is 14.8 Å². The molecule has 6 nitrogen and oxygen atoms in total. The Hall–Kier alpha value is -2.23. The van der Waals surface area contributed by atoms with Gasteiger partial charge in [0, 0.05) is 15.7 Å². The smallest absolute Gasteiger partial charge is 0.352 e. The zero-order valence-corrected chi connectivity index (χ0v) is 14.9. The van der Waals surface area contributed by atoms with Gasteiger partial charge in [-0.1, -0.05) is 34.1 Å². The minimum absolute atomic E-state index is 0.0404. The van der Waals surface area contributed by atoms with Crippen LogP contribution in [0.1, 0.15) is 11.6 Å². The molecule has 0 saturated carbocycles. The van der Waals surface area contributed by atoms with E-state index < -0.39 is 27.9 Å². The molecule has 0 amide bonds. The molecule has 1 unspecified atom stereocenters. The highest BCUT2D eigenvalue weighted by Crippen LogP contribution is 2.37. The number of anilines is 1. The van der Waals surface area contributed by atoms with Crippen molar-refractivity contribution in [3.63, 3.8) is 0 Å². The molecule has 3 N–H and O–H groups in total. The van der Waals surface area contributed by atoms with Gasteiger partial charge in [-0.2, -0.15) is 4.72 Å². The molecule has 0 spiro atoms. The van der Waals surface area contributed by atoms with Gasteiger partial charge < -0.3 is 10.4 Å². The fourth-order valence-corrected chi connectivity index (χ4v) is 4.34. The number of carbonyl (C=O) groups is 1. The van der Waals surface area contributed by atoms with E-state index in [2.05, 4.69) is 26.0 Å². The molecule has 0 bridgehead atoms. The number of benzene rings is 2. The molecule has 9 heteroatoms. The van der Waals surface area contributed by atoms with Crippen LogP contribution in [0.4, 0.5) is 10.1 Å². The van der Waals surface area contributed by atoms with Gasteiger partial charge in [0.25, 0.3) is 0 Å². The van der Waals surface area contributed by atoms with Crippen LogP contribution in [-0.4, -0.2) is 19.5 Å². The number of aliphatic carboxylic acids is 1. The predicted octanol–water partition coefficient (Wildman–Crippen LogP) is 3.00. The Morgan fingerprint density at radius 3 is 2.56 bits per heavy atom. The van der Waals surface area contributed by atoms with Gasteiger partial charge in [0.1, 0.15) is 11.5 Å². The summed E-state index contributed by atoms with van der Waals surface area (Å²) in [5.41, 5.74) is 0.323. The van der Waals surface area contributed by atoms with Gasteiger partial charge in [-0.15, -0.1) is 0 Å². The van der Waals surface area contributed by atoms with E-state index in [4.69, 9.17) is 0 Å². The van der Waals surface area contributed by atoms with Crippen molar-refractivity contribution in [2.75, 3.05) is 5.32 Å². The van der Waals surface area contributed by atoms with Crippen molar-refractivity contribution in [3.05, 3.63) is 70.1 Å². The van der Waals surface area contributed by atoms with Crippen molar-refractivity contribution in [2.24, 2.45) is 0 Å². The molecule has 0 aliphatic carbocycles. The molecule has 2 aromatic rings. The molecule has 1 aliphatic heterocycles. The number of halogens is 2. The first kappa shape index (κ1) is 17.6. The molecular formula is C16H12BrFN2O4S. The van der Waals surface area contributed by atoms with Crippen molar-refractivity contribution in [3.8, 4) is 0 Å². The molecule has 0 aromatic heterocycles. The van der Waals surface area contributed by atoms with Gasteiger partial charge >= 0.3 is 5.97 Å². The van der Waals surface area contributed by atoms with Crippen LogP contribution in [0.2, 0.25) is 0 Å². The molecule has 0 saturated heterocycles. The Morgan fingerprint density at radius 1 is 1.24 bits per heavy atom. The topological polar surface area (TPSA) is 95.5 Å². The van der Waals surface area contributed by atoms with E-state index in [-0.39, 0.29) is 16.3 Å². The normalized spacial score (nSPS) is 16.6. The van der Waals surface area contributed by atoms with Crippen molar-refractivity contribution in [1.29, 1.82) is 0 Å². The van der Waals surface area contributed by atoms with E-state index in [0.717, 1.165) is 6.07 Å². The van der Waals surface area contributed by atoms with Gasteiger partial charge in [0.05, 0.1) is 10.9 Å². The van der Waals surface area contributed by atoms with Crippen LogP contribution >= 0.6 is 15.9 Å². The maximum absolute atomic E-state index is 13.6. The van der Waals surface area contributed by atoms with E-state index >= 15 is 0 Å². The average molecular weight is 427 g/mol. The van der Waals surface area contributed by atoms with Crippen LogP contribution in [0.5, 0.6) is 0 Å². The van der Waals surface area contributed by atoms with E-state index in [9.17, 15) is 22.7 Å². The number of nitrogens with one attached hydrogen (secondary N) is 2. The zero-order valence-electron chi connectivity index (χ0n) is 12.5. The lowest BCUT2D eigenvalue weighted by Crippen LogP contribution is -2.32. The van der Waals surface area contributed by atoms with E-state index in [1.807, 2.05) is 0 Å². The fourth-order valence-electron chi connectivity index (χ4n) is 2.49. The van der Waals surface area contributed by atoms with Gasteiger partial charge in [-0.25, -0.2) is 17.6 Å². The van der Waals surface area contributed by atoms with E-state index in [1.54, 1.807) is 18.2 Å². The summed E-state index contributed by atoms with van der Waals surface area (Å²) < 4.78 is 41.5. The van der Waals surface area contributed by atoms with Crippen LogP contribution in [0.3, 0.4) is 0 Å². The highest BCUT2D eigenvalue weighted by molar-refractivity contribution is 9.10. The van der Waals surface area contributed by atoms with Gasteiger partial charge in [-0.05, 0) is 30.3 Å². The SMILES string of the molecule is O=C(O)C1=CC(NS(=O)(=O)c2ccccc2)c2c(Br)cc(F)cc2N1. The number of carboxylic acids is 1. The summed E-state index contributed by atoms with van der Waals surface area (Å²) in [6, 6.07) is 8.99. The average Bonchev–Trinajstić information content (AvgIpc) is 2.54. The fraction of sp³-hybridized carbons (Fsp3) is 0.0625. The number of carboxylic acid groups (broad SMARTS) is 1. The van der Waals surface area contributed by atoms with Crippen molar-refractivity contribution in [2.45, 2.75) is 10.9 Å². The molecule has 3 rings (SSSR count). The summed E-state index contributed by atoms with van der Waals surface area (Å²) in [6.45, 7) is 0. The minimum Gasteiger partial charge on any atom is -0.477 e. The van der Waals surface area contributed by atoms with Crippen LogP contribution in [0.25, 0.3) is 0 Å². The quantitative estimate of drug-likeness (QED) is 0.698. The number of sulfonamides is 1. The second-order valence-corrected chi connectivity index (χ2v) is 7.84. The van der Waals surface area contributed by atoms with E-state index in [0.29, 0.717) is 10.0 Å². The lowest BCUT2D eigenvalue weighted by Gasteiger charge is -2.26. The summed E-state index contributed by atoms with van der Waals surface area (Å²) >= 11 is 3.20. The third-order valence-corrected chi connectivity index (χ3v) is 5.69. The van der Waals surface area contributed by atoms with Crippen LogP contribution in [0.15, 0.2) is 63.6 Å². The first-order valence-corrected chi connectivity index (χ1v) is 9.34. The van der Waals surface area contributed by atoms with Crippen molar-refractivity contribution < 1.29 is 22.7 Å². The highest BCUT2D eigenvalue weighted by atomic mass is 79.9. The Morgan fingerprint density at radius 2 is 1.92 bits per heavy atom. The molecule has 1 aliphatic rings. The molecule has 130 valence electrons. The molecule has 1 atom stereocenters. The van der Waals surface area contributed by atoms with Crippen LogP contribution in [0, 0.1) is 5.82 Å². The molecule has 1 heterocycles. The van der Waals surface area contributed by atoms with Gasteiger partial charge in [0.15, 0.2) is 0 Å². The van der Waals surface area contributed by atoms with Crippen LogP contribution < -0.4 is 10.0 Å². The molecule has 2 aromatic carbocycles. The number of rotatable bonds is 4. The number of hydrogen-bond donors (Lipinski definition) is 3. The standard InChI is InChI=1S/C16H12BrFN2O4S/c17-11-6-9(18)7-12-15(11)13(8-14(19-12)16(21)22)20-25(23,24)10-4-2-1-3-5-10/h1-8,13,19-20H,(H,21,22). The van der Waals surface area contributed by atoms with Crippen molar-refractivity contribution in [1.82, 2.24) is 4.72 Å². The van der Waals surface area contributed by atoms with Gasteiger partial charge in [0.2, 0.25) is 10.0 Å². The Kier molecular flexibility index (Phi) is 4.63. The maximum Gasteiger partial charge on any atom is 0.352 e. The lowest BCUT2D eigenvalue weighted by molar-refractivity contribution is -0.132. The monoisotopic (exact) mass is 426 g/mol. The molecular weight excluding hydrogens is 415 g/mol. The third-order valence-electron chi connectivity index (χ3n) is 3.57. The Labute approximate surface area is 151 Å².